The Hall–Kier alpha value is -4.20. The molecule has 0 aliphatic carbocycles. The highest BCUT2D eigenvalue weighted by atomic mass is 16.3. The maximum Gasteiger partial charge on any atom is 0.153 e. The average Bonchev–Trinajstić information content (AvgIpc) is 2.86. The second-order valence-corrected chi connectivity index (χ2v) is 7.32. The van der Waals surface area contributed by atoms with Gasteiger partial charge in [-0.15, -0.1) is 0 Å². The van der Waals surface area contributed by atoms with Crippen LogP contribution in [-0.2, 0) is 0 Å². The van der Waals surface area contributed by atoms with Crippen LogP contribution in [0.25, 0.3) is 21.5 Å². The molecule has 0 aliphatic rings. The minimum atomic E-state index is 0.0960. The van der Waals surface area contributed by atoms with Gasteiger partial charge in [0.05, 0.1) is 5.69 Å². The quantitative estimate of drug-likeness (QED) is 0.165. The van der Waals surface area contributed by atoms with Crippen molar-refractivity contribution in [2.75, 3.05) is 25.6 Å². The maximum atomic E-state index is 10.1. The largest absolute Gasteiger partial charge is 0.507 e. The van der Waals surface area contributed by atoms with Gasteiger partial charge in [0.1, 0.15) is 17.1 Å². The van der Waals surface area contributed by atoms with E-state index in [4.69, 9.17) is 11.5 Å². The molecular weight excluding hydrogens is 452 g/mol. The Balaban J connectivity index is 0.000000317. The monoisotopic (exact) mass is 490 g/mol. The molecule has 0 unspecified atom stereocenters. The van der Waals surface area contributed by atoms with Gasteiger partial charge in [-0.3, -0.25) is 0 Å². The fourth-order valence-electron chi connectivity index (χ4n) is 3.62. The number of benzene rings is 4. The van der Waals surface area contributed by atoms with Crippen LogP contribution in [0.2, 0.25) is 0 Å². The number of fused-ring (bicyclic) bond motifs is 2. The molecule has 0 fully saturated rings. The summed E-state index contributed by atoms with van der Waals surface area (Å²) in [7, 11) is 3.15. The van der Waals surface area contributed by atoms with E-state index in [1.54, 1.807) is 32.3 Å². The number of nitrogens with two attached hydrogens (primary N) is 2. The van der Waals surface area contributed by atoms with Gasteiger partial charge in [0.15, 0.2) is 5.75 Å². The Morgan fingerprint density at radius 2 is 1.33 bits per heavy atom. The van der Waals surface area contributed by atoms with Crippen molar-refractivity contribution in [2.24, 2.45) is 20.5 Å². The third kappa shape index (κ3) is 6.69. The van der Waals surface area contributed by atoms with Crippen LogP contribution in [0.5, 0.6) is 11.5 Å². The van der Waals surface area contributed by atoms with Gasteiger partial charge in [-0.25, -0.2) is 0 Å². The smallest absolute Gasteiger partial charge is 0.153 e. The van der Waals surface area contributed by atoms with Crippen molar-refractivity contribution in [3.8, 4) is 11.5 Å². The topological polar surface area (TPSA) is 142 Å². The predicted molar refractivity (Wildman–Crippen MR) is 153 cm³/mol. The number of nitrogen functional groups attached to an aromatic ring is 2. The highest BCUT2D eigenvalue weighted by molar-refractivity contribution is 6.03. The summed E-state index contributed by atoms with van der Waals surface area (Å²) in [5, 5.41) is 38.3. The molecular formula is C28H38N6O2. The van der Waals surface area contributed by atoms with Gasteiger partial charge < -0.3 is 21.7 Å². The molecule has 0 heterocycles. The first-order chi connectivity index (χ1) is 17.3. The van der Waals surface area contributed by atoms with E-state index in [-0.39, 0.29) is 11.5 Å². The molecule has 6 N–H and O–H groups in total. The number of nitrogens with zero attached hydrogens (tertiary/aromatic N) is 4. The first kappa shape index (κ1) is 29.8. The van der Waals surface area contributed by atoms with Crippen molar-refractivity contribution < 1.29 is 10.2 Å². The number of aryl methyl sites for hydroxylation is 2. The molecule has 0 aromatic heterocycles. The zero-order valence-corrected chi connectivity index (χ0v) is 22.5. The lowest BCUT2D eigenvalue weighted by molar-refractivity contribution is 0.481. The van der Waals surface area contributed by atoms with Gasteiger partial charge in [0.2, 0.25) is 0 Å². The maximum absolute atomic E-state index is 10.1. The third-order valence-electron chi connectivity index (χ3n) is 5.00. The number of aromatic hydroxyl groups is 2. The molecule has 192 valence electrons. The molecule has 4 rings (SSSR count). The molecule has 0 saturated heterocycles. The summed E-state index contributed by atoms with van der Waals surface area (Å²) in [4.78, 5) is 0. The zero-order valence-electron chi connectivity index (χ0n) is 22.5. The van der Waals surface area contributed by atoms with Crippen molar-refractivity contribution >= 4 is 44.3 Å². The molecule has 4 aromatic rings. The molecule has 0 bridgehead atoms. The number of rotatable bonds is 2. The van der Waals surface area contributed by atoms with Gasteiger partial charge in [-0.2, -0.15) is 20.5 Å². The number of phenols is 2. The molecule has 0 atom stereocenters. The normalized spacial score (nSPS) is 10.4. The van der Waals surface area contributed by atoms with Crippen LogP contribution in [-0.4, -0.2) is 24.3 Å². The van der Waals surface area contributed by atoms with Crippen molar-refractivity contribution in [2.45, 2.75) is 41.5 Å². The lowest BCUT2D eigenvalue weighted by Crippen LogP contribution is -1.89. The van der Waals surface area contributed by atoms with Crippen molar-refractivity contribution in [3.63, 3.8) is 0 Å². The van der Waals surface area contributed by atoms with Crippen LogP contribution < -0.4 is 11.5 Å². The van der Waals surface area contributed by atoms with Gasteiger partial charge in [0, 0.05) is 30.6 Å². The standard InChI is InChI=1S/2C12H13N3O.2C2H6/c1-7-5-8-3-4-9(15-14-2)12(13)11(8)10(16)6-7;1-7-6-8-4-3-5-9(13)10(8)12(16)11(7)15-14-2;2*1-2/h2*3-6,16H,13H2,1-2H3;2*1-2H3. The Morgan fingerprint density at radius 3 is 1.94 bits per heavy atom. The van der Waals surface area contributed by atoms with Crippen molar-refractivity contribution in [1.82, 2.24) is 0 Å². The molecule has 8 heteroatoms. The molecule has 0 amide bonds. The van der Waals surface area contributed by atoms with Gasteiger partial charge in [0.25, 0.3) is 0 Å². The minimum Gasteiger partial charge on any atom is -0.507 e. The van der Waals surface area contributed by atoms with Gasteiger partial charge >= 0.3 is 0 Å². The van der Waals surface area contributed by atoms with Gasteiger partial charge in [-0.05, 0) is 60.0 Å². The fraction of sp³-hybridized carbons (Fsp3) is 0.286. The number of azo groups is 2. The van der Waals surface area contributed by atoms with Crippen LogP contribution in [0.4, 0.5) is 22.7 Å². The van der Waals surface area contributed by atoms with E-state index in [1.165, 1.54) is 0 Å². The molecule has 0 aliphatic heterocycles. The summed E-state index contributed by atoms with van der Waals surface area (Å²) in [6.45, 7) is 11.8. The number of phenolic OH excluding ortho intramolecular Hbond substituents is 2. The van der Waals surface area contributed by atoms with Crippen molar-refractivity contribution in [3.05, 3.63) is 59.7 Å². The average molecular weight is 491 g/mol. The minimum absolute atomic E-state index is 0.0960. The van der Waals surface area contributed by atoms with Crippen LogP contribution >= 0.6 is 0 Å². The molecule has 0 saturated carbocycles. The summed E-state index contributed by atoms with van der Waals surface area (Å²) in [5.41, 5.74) is 15.7. The molecule has 36 heavy (non-hydrogen) atoms. The molecule has 0 spiro atoms. The Bertz CT molecular complexity index is 1360. The molecule has 8 nitrogen and oxygen atoms in total. The third-order valence-corrected chi connectivity index (χ3v) is 5.00. The van der Waals surface area contributed by atoms with Crippen LogP contribution in [0.1, 0.15) is 38.8 Å². The molecule has 0 radical (unpaired) electrons. The summed E-state index contributed by atoms with van der Waals surface area (Å²) in [5.74, 6) is 0.277. The van der Waals surface area contributed by atoms with E-state index >= 15 is 0 Å². The van der Waals surface area contributed by atoms with Crippen LogP contribution in [0, 0.1) is 13.8 Å². The summed E-state index contributed by atoms with van der Waals surface area (Å²) in [6, 6.07) is 14.8. The lowest BCUT2D eigenvalue weighted by Gasteiger charge is -2.09. The Morgan fingerprint density at radius 1 is 0.722 bits per heavy atom. The second kappa shape index (κ2) is 14.3. The van der Waals surface area contributed by atoms with E-state index in [0.29, 0.717) is 33.5 Å². The predicted octanol–water partition coefficient (Wildman–Crippen LogP) is 8.35. The number of hydrogen-bond acceptors (Lipinski definition) is 8. The summed E-state index contributed by atoms with van der Waals surface area (Å²) >= 11 is 0. The van der Waals surface area contributed by atoms with E-state index < -0.39 is 0 Å². The second-order valence-electron chi connectivity index (χ2n) is 7.32. The fourth-order valence-corrected chi connectivity index (χ4v) is 3.62. The molecule has 4 aromatic carbocycles. The first-order valence-corrected chi connectivity index (χ1v) is 11.9. The highest BCUT2D eigenvalue weighted by Crippen LogP contribution is 2.40. The van der Waals surface area contributed by atoms with Crippen LogP contribution in [0.15, 0.2) is 69.0 Å². The highest BCUT2D eigenvalue weighted by Gasteiger charge is 2.12. The van der Waals surface area contributed by atoms with Crippen LogP contribution in [0.3, 0.4) is 0 Å². The van der Waals surface area contributed by atoms with Gasteiger partial charge in [-0.1, -0.05) is 52.0 Å². The number of anilines is 2. The first-order valence-electron chi connectivity index (χ1n) is 11.9. The summed E-state index contributed by atoms with van der Waals surface area (Å²) in [6.07, 6.45) is 0. The van der Waals surface area contributed by atoms with E-state index in [2.05, 4.69) is 20.5 Å². The zero-order chi connectivity index (χ0) is 27.4. The Labute approximate surface area is 213 Å². The Kier molecular flexibility index (Phi) is 11.8. The summed E-state index contributed by atoms with van der Waals surface area (Å²) < 4.78 is 0. The number of hydrogen-bond donors (Lipinski definition) is 4. The van der Waals surface area contributed by atoms with E-state index in [9.17, 15) is 10.2 Å². The van der Waals surface area contributed by atoms with E-state index in [0.717, 1.165) is 21.9 Å². The lowest BCUT2D eigenvalue weighted by atomic mass is 10.0. The van der Waals surface area contributed by atoms with E-state index in [1.807, 2.05) is 71.9 Å². The SMILES string of the molecule is CC.CC.CN=Nc1c(C)cc2cccc(N)c2c1O.CN=Nc1ccc2cc(C)cc(O)c2c1N. The van der Waals surface area contributed by atoms with Crippen molar-refractivity contribution in [1.29, 1.82) is 0 Å².